The van der Waals surface area contributed by atoms with Gasteiger partial charge in [0.2, 0.25) is 0 Å². The molecule has 0 spiro atoms. The zero-order valence-corrected chi connectivity index (χ0v) is 19.0. The molecule has 8 heteroatoms. The standard InChI is InChI=1S/C26H29N5O3/c32-25(16-9-10-28-29-12-16)30-17-2-4-18-15(11-17)1-3-20-19(18)5-6-22-21(20)7-8-24(22)31-13-23(26(33)34)27-14-31/h1,8-10,12-14,17-22H,2-7,11H2,(H,30,32)(H,33,34)/t17-,18?,19?,20?,21?,22?/m0/s1. The van der Waals surface area contributed by atoms with Crippen LogP contribution in [0.3, 0.4) is 0 Å². The lowest BCUT2D eigenvalue weighted by molar-refractivity contribution is 0.0687. The van der Waals surface area contributed by atoms with E-state index in [1.54, 1.807) is 24.8 Å². The summed E-state index contributed by atoms with van der Waals surface area (Å²) in [4.78, 5) is 27.9. The monoisotopic (exact) mass is 459 g/mol. The fourth-order valence-corrected chi connectivity index (χ4v) is 7.18. The molecule has 2 aromatic heterocycles. The number of fused-ring (bicyclic) bond motifs is 5. The van der Waals surface area contributed by atoms with Crippen molar-refractivity contribution in [1.29, 1.82) is 0 Å². The van der Waals surface area contributed by atoms with Crippen molar-refractivity contribution in [3.63, 3.8) is 0 Å². The van der Waals surface area contributed by atoms with Gasteiger partial charge in [-0.1, -0.05) is 17.7 Å². The Morgan fingerprint density at radius 3 is 2.65 bits per heavy atom. The lowest BCUT2D eigenvalue weighted by Crippen LogP contribution is -2.44. The number of rotatable bonds is 4. The lowest BCUT2D eigenvalue weighted by atomic mass is 9.56. The lowest BCUT2D eigenvalue weighted by Gasteiger charge is -2.49. The number of hydrogen-bond acceptors (Lipinski definition) is 5. The van der Waals surface area contributed by atoms with Gasteiger partial charge in [0, 0.05) is 23.9 Å². The van der Waals surface area contributed by atoms with Crippen molar-refractivity contribution in [2.24, 2.45) is 29.6 Å². The second-order valence-corrected chi connectivity index (χ2v) is 10.2. The van der Waals surface area contributed by atoms with Crippen LogP contribution < -0.4 is 5.32 Å². The molecule has 1 amide bonds. The number of imidazole rings is 1. The Morgan fingerprint density at radius 2 is 1.85 bits per heavy atom. The number of carbonyl (C=O) groups excluding carboxylic acids is 1. The minimum Gasteiger partial charge on any atom is -0.476 e. The number of nitrogens with one attached hydrogen (secondary N) is 1. The van der Waals surface area contributed by atoms with Crippen LogP contribution in [0.4, 0.5) is 0 Å². The molecule has 2 saturated carbocycles. The zero-order valence-electron chi connectivity index (χ0n) is 19.0. The van der Waals surface area contributed by atoms with Gasteiger partial charge in [-0.3, -0.25) is 4.79 Å². The molecule has 5 unspecified atom stereocenters. The van der Waals surface area contributed by atoms with Crippen LogP contribution in [0.5, 0.6) is 0 Å². The number of nitrogens with zero attached hydrogens (tertiary/aromatic N) is 4. The molecule has 2 aromatic rings. The highest BCUT2D eigenvalue weighted by Gasteiger charge is 2.48. The molecule has 0 bridgehead atoms. The summed E-state index contributed by atoms with van der Waals surface area (Å²) in [7, 11) is 0. The van der Waals surface area contributed by atoms with E-state index in [9.17, 15) is 14.7 Å². The van der Waals surface area contributed by atoms with Crippen molar-refractivity contribution < 1.29 is 14.7 Å². The molecule has 4 aliphatic carbocycles. The summed E-state index contributed by atoms with van der Waals surface area (Å²) in [6, 6.07) is 1.88. The van der Waals surface area contributed by atoms with Gasteiger partial charge in [-0.05, 0) is 74.7 Å². The SMILES string of the molecule is O=C(N[C@H]1CCC2C(=CCC3C2CCC2C(n4cnc(C(=O)O)c4)=CCC23)C1)c1ccnnc1. The minimum atomic E-state index is -0.980. The normalized spacial score (nSPS) is 32.0. The van der Waals surface area contributed by atoms with Crippen LogP contribution in [0.1, 0.15) is 65.8 Å². The van der Waals surface area contributed by atoms with E-state index < -0.39 is 5.97 Å². The number of carboxylic acid groups (broad SMARTS) is 1. The van der Waals surface area contributed by atoms with Crippen LogP contribution in [0.2, 0.25) is 0 Å². The highest BCUT2D eigenvalue weighted by atomic mass is 16.4. The van der Waals surface area contributed by atoms with Crippen LogP contribution in [0.15, 0.2) is 48.7 Å². The molecule has 8 nitrogen and oxygen atoms in total. The quantitative estimate of drug-likeness (QED) is 0.673. The molecule has 0 radical (unpaired) electrons. The maximum absolute atomic E-state index is 12.6. The Bertz CT molecular complexity index is 1170. The molecular formula is C26H29N5O3. The van der Waals surface area contributed by atoms with Gasteiger partial charge in [0.1, 0.15) is 0 Å². The third kappa shape index (κ3) is 3.65. The average Bonchev–Trinajstić information content (AvgIpc) is 3.51. The maximum Gasteiger partial charge on any atom is 0.356 e. The van der Waals surface area contributed by atoms with Gasteiger partial charge in [0.05, 0.1) is 24.3 Å². The molecular weight excluding hydrogens is 430 g/mol. The molecule has 2 heterocycles. The van der Waals surface area contributed by atoms with Crippen molar-refractivity contribution in [3.8, 4) is 0 Å². The van der Waals surface area contributed by atoms with Gasteiger partial charge in [-0.2, -0.15) is 10.2 Å². The maximum atomic E-state index is 12.6. The van der Waals surface area contributed by atoms with Crippen molar-refractivity contribution in [2.45, 2.75) is 51.0 Å². The van der Waals surface area contributed by atoms with E-state index in [2.05, 4.69) is 32.7 Å². The van der Waals surface area contributed by atoms with Crippen LogP contribution in [-0.4, -0.2) is 42.8 Å². The summed E-state index contributed by atoms with van der Waals surface area (Å²) in [6.45, 7) is 0. The molecule has 176 valence electrons. The van der Waals surface area contributed by atoms with Crippen LogP contribution in [0, 0.1) is 29.6 Å². The molecule has 2 N–H and O–H groups in total. The van der Waals surface area contributed by atoms with E-state index in [1.165, 1.54) is 23.9 Å². The van der Waals surface area contributed by atoms with Crippen molar-refractivity contribution in [3.05, 3.63) is 60.0 Å². The van der Waals surface area contributed by atoms with E-state index in [0.717, 1.165) is 38.5 Å². The number of allylic oxidation sites excluding steroid dienone is 3. The number of aromatic carboxylic acids is 1. The molecule has 6 rings (SSSR count). The summed E-state index contributed by atoms with van der Waals surface area (Å²) >= 11 is 0. The molecule has 4 aliphatic rings. The summed E-state index contributed by atoms with van der Waals surface area (Å²) in [5.74, 6) is 2.09. The molecule has 34 heavy (non-hydrogen) atoms. The third-order valence-corrected chi connectivity index (χ3v) is 8.64. The second-order valence-electron chi connectivity index (χ2n) is 10.2. The second kappa shape index (κ2) is 8.49. The Morgan fingerprint density at radius 1 is 1.00 bits per heavy atom. The average molecular weight is 460 g/mol. The first-order valence-corrected chi connectivity index (χ1v) is 12.3. The summed E-state index contributed by atoms with van der Waals surface area (Å²) in [6.07, 6.45) is 18.8. The van der Waals surface area contributed by atoms with Crippen LogP contribution >= 0.6 is 0 Å². The van der Waals surface area contributed by atoms with E-state index in [-0.39, 0.29) is 17.6 Å². The summed E-state index contributed by atoms with van der Waals surface area (Å²) in [5.41, 5.74) is 3.43. The third-order valence-electron chi connectivity index (χ3n) is 8.64. The zero-order chi connectivity index (χ0) is 23.2. The molecule has 2 fully saturated rings. The van der Waals surface area contributed by atoms with Crippen LogP contribution in [-0.2, 0) is 0 Å². The van der Waals surface area contributed by atoms with Crippen molar-refractivity contribution in [1.82, 2.24) is 25.1 Å². The molecule has 0 aromatic carbocycles. The number of aromatic nitrogens is 4. The van der Waals surface area contributed by atoms with E-state index >= 15 is 0 Å². The van der Waals surface area contributed by atoms with E-state index in [4.69, 9.17) is 0 Å². The summed E-state index contributed by atoms with van der Waals surface area (Å²) in [5, 5.41) is 20.0. The fourth-order valence-electron chi connectivity index (χ4n) is 7.18. The van der Waals surface area contributed by atoms with Gasteiger partial charge in [-0.15, -0.1) is 0 Å². The minimum absolute atomic E-state index is 0.0664. The van der Waals surface area contributed by atoms with Gasteiger partial charge in [0.15, 0.2) is 5.69 Å². The Hall–Kier alpha value is -3.29. The first kappa shape index (κ1) is 21.3. The molecule has 6 atom stereocenters. The smallest absolute Gasteiger partial charge is 0.356 e. The van der Waals surface area contributed by atoms with E-state index in [1.807, 2.05) is 4.57 Å². The number of hydrogen-bond donors (Lipinski definition) is 2. The number of amides is 1. The predicted molar refractivity (Wildman–Crippen MR) is 125 cm³/mol. The molecule has 0 saturated heterocycles. The highest BCUT2D eigenvalue weighted by Crippen LogP contribution is 2.56. The van der Waals surface area contributed by atoms with Gasteiger partial charge < -0.3 is 15.0 Å². The first-order valence-electron chi connectivity index (χ1n) is 12.3. The predicted octanol–water partition coefficient (Wildman–Crippen LogP) is 3.80. The number of carboxylic acids is 1. The Kier molecular flexibility index (Phi) is 5.31. The number of carbonyl (C=O) groups is 2. The Labute approximate surface area is 198 Å². The van der Waals surface area contributed by atoms with Crippen LogP contribution in [0.25, 0.3) is 5.70 Å². The fraction of sp³-hybridized carbons (Fsp3) is 0.500. The highest BCUT2D eigenvalue weighted by molar-refractivity contribution is 5.93. The topological polar surface area (TPSA) is 110 Å². The van der Waals surface area contributed by atoms with Gasteiger partial charge in [-0.25, -0.2) is 9.78 Å². The van der Waals surface area contributed by atoms with Gasteiger partial charge >= 0.3 is 5.97 Å². The largest absolute Gasteiger partial charge is 0.476 e. The van der Waals surface area contributed by atoms with Crippen molar-refractivity contribution >= 4 is 17.6 Å². The Balaban J connectivity index is 1.13. The van der Waals surface area contributed by atoms with Crippen molar-refractivity contribution in [2.75, 3.05) is 0 Å². The molecule has 0 aliphatic heterocycles. The summed E-state index contributed by atoms with van der Waals surface area (Å²) < 4.78 is 1.94. The first-order chi connectivity index (χ1) is 16.6. The van der Waals surface area contributed by atoms with Gasteiger partial charge in [0.25, 0.3) is 5.91 Å². The van der Waals surface area contributed by atoms with E-state index in [0.29, 0.717) is 35.2 Å².